The van der Waals surface area contributed by atoms with Gasteiger partial charge >= 0.3 is 11.9 Å². The van der Waals surface area contributed by atoms with Crippen LogP contribution in [-0.2, 0) is 19.1 Å². The lowest BCUT2D eigenvalue weighted by Gasteiger charge is -2.31. The summed E-state index contributed by atoms with van der Waals surface area (Å²) in [7, 11) is 0. The number of aromatic nitrogens is 1. The normalized spacial score (nSPS) is 24.2. The van der Waals surface area contributed by atoms with Gasteiger partial charge in [0.05, 0.1) is 24.1 Å². The zero-order valence-electron chi connectivity index (χ0n) is 24.5. The Morgan fingerprint density at radius 2 is 2.09 bits per heavy atom. The van der Waals surface area contributed by atoms with E-state index in [1.165, 1.54) is 22.3 Å². The van der Waals surface area contributed by atoms with E-state index in [1.807, 2.05) is 0 Å². The number of carbonyl (C=O) groups is 3. The number of ether oxygens (including phenoxy) is 1. The Kier molecular flexibility index (Phi) is 8.41. The van der Waals surface area contributed by atoms with Gasteiger partial charge in [-0.2, -0.15) is 0 Å². The monoisotopic (exact) mass is 615 g/mol. The number of carbonyl (C=O) groups excluding carboxylic acids is 2. The van der Waals surface area contributed by atoms with Crippen molar-refractivity contribution in [1.82, 2.24) is 20.1 Å². The summed E-state index contributed by atoms with van der Waals surface area (Å²) in [6, 6.07) is 2.55. The van der Waals surface area contributed by atoms with Gasteiger partial charge in [0, 0.05) is 36.9 Å². The predicted octanol–water partition coefficient (Wildman–Crippen LogP) is 3.62. The summed E-state index contributed by atoms with van der Waals surface area (Å²) >= 11 is 1.33. The third kappa shape index (κ3) is 5.79. The molecule has 5 rings (SSSR count). The highest BCUT2D eigenvalue weighted by Gasteiger charge is 2.59. The van der Waals surface area contributed by atoms with Gasteiger partial charge in [-0.1, -0.05) is 12.1 Å². The average Bonchev–Trinajstić information content (AvgIpc) is 3.66. The van der Waals surface area contributed by atoms with Crippen molar-refractivity contribution in [1.29, 1.82) is 0 Å². The number of halogens is 2. The molecule has 0 aliphatic carbocycles. The molecular weight excluding hydrogens is 580 g/mol. The van der Waals surface area contributed by atoms with Crippen LogP contribution in [0.15, 0.2) is 46.0 Å². The second kappa shape index (κ2) is 11.8. The molecule has 2 N–H and O–H groups in total. The molecule has 0 bridgehead atoms. The van der Waals surface area contributed by atoms with Gasteiger partial charge in [0.1, 0.15) is 17.9 Å². The molecule has 3 aliphatic heterocycles. The van der Waals surface area contributed by atoms with Crippen LogP contribution in [0, 0.1) is 18.2 Å². The van der Waals surface area contributed by atoms with Gasteiger partial charge in [-0.25, -0.2) is 18.6 Å². The molecule has 3 atom stereocenters. The summed E-state index contributed by atoms with van der Waals surface area (Å²) in [6.07, 6.45) is 1.90. The van der Waals surface area contributed by atoms with Crippen LogP contribution in [0.25, 0.3) is 0 Å². The molecule has 1 aromatic carbocycles. The Morgan fingerprint density at radius 3 is 2.77 bits per heavy atom. The van der Waals surface area contributed by atoms with Crippen molar-refractivity contribution in [3.8, 4) is 0 Å². The highest BCUT2D eigenvalue weighted by Crippen LogP contribution is 2.42. The smallest absolute Gasteiger partial charge is 0.338 e. The maximum Gasteiger partial charge on any atom is 0.338 e. The number of amides is 1. The standard InChI is InChI=1S/C30H35F2N5O5S/c1-5-42-27(39)21-20(34-24(25-33-11-14-43-25)35-22(21)18-7-6-8-19(31)17(18)2)15-36-13-10-30(32)16-37(26(38)23(30)36)12-9-29(3,4)28(40)41/h6-8,11,14,22-23H,5,9-10,12-13,15-16H2,1-4H3,(H,34,35)(H,40,41)/t22-,23?,30?/m0/s1. The summed E-state index contributed by atoms with van der Waals surface area (Å²) < 4.78 is 36.4. The lowest BCUT2D eigenvalue weighted by atomic mass is 9.89. The average molecular weight is 616 g/mol. The second-order valence-corrected chi connectivity index (χ2v) is 12.7. The van der Waals surface area contributed by atoms with Crippen LogP contribution in [0.2, 0.25) is 0 Å². The molecule has 13 heteroatoms. The first kappa shape index (κ1) is 30.7. The number of aliphatic imine (C=N–C) groups is 1. The predicted molar refractivity (Wildman–Crippen MR) is 156 cm³/mol. The van der Waals surface area contributed by atoms with Crippen molar-refractivity contribution in [3.05, 3.63) is 63.0 Å². The summed E-state index contributed by atoms with van der Waals surface area (Å²) in [5.41, 5.74) is -1.57. The molecule has 43 heavy (non-hydrogen) atoms. The van der Waals surface area contributed by atoms with E-state index in [4.69, 9.17) is 9.73 Å². The third-order valence-corrected chi connectivity index (χ3v) is 9.26. The second-order valence-electron chi connectivity index (χ2n) is 11.8. The van der Waals surface area contributed by atoms with Crippen LogP contribution in [0.4, 0.5) is 8.78 Å². The molecule has 3 aliphatic rings. The summed E-state index contributed by atoms with van der Waals surface area (Å²) in [4.78, 5) is 50.9. The van der Waals surface area contributed by atoms with Crippen LogP contribution in [0.1, 0.15) is 55.8 Å². The molecule has 2 saturated heterocycles. The molecular formula is C30H35F2N5O5S. The molecule has 2 aromatic rings. The molecule has 2 unspecified atom stereocenters. The number of nitrogens with zero attached hydrogens (tertiary/aromatic N) is 4. The lowest BCUT2D eigenvalue weighted by molar-refractivity contribution is -0.148. The van der Waals surface area contributed by atoms with E-state index in [0.717, 1.165) is 0 Å². The fraction of sp³-hybridized carbons (Fsp3) is 0.500. The van der Waals surface area contributed by atoms with Crippen molar-refractivity contribution in [2.45, 2.75) is 58.3 Å². The van der Waals surface area contributed by atoms with Gasteiger partial charge in [0.2, 0.25) is 5.91 Å². The number of esters is 1. The molecule has 0 saturated carbocycles. The van der Waals surface area contributed by atoms with Crippen molar-refractivity contribution in [2.24, 2.45) is 10.4 Å². The van der Waals surface area contributed by atoms with Gasteiger partial charge < -0.3 is 20.1 Å². The van der Waals surface area contributed by atoms with Crippen LogP contribution in [-0.4, -0.2) is 88.1 Å². The van der Waals surface area contributed by atoms with Crippen molar-refractivity contribution in [3.63, 3.8) is 0 Å². The number of fused-ring (bicyclic) bond motifs is 1. The van der Waals surface area contributed by atoms with Crippen LogP contribution in [0.5, 0.6) is 0 Å². The van der Waals surface area contributed by atoms with Gasteiger partial charge in [-0.3, -0.25) is 19.5 Å². The zero-order valence-corrected chi connectivity index (χ0v) is 25.3. The molecule has 1 amide bonds. The number of alkyl halides is 1. The zero-order chi connectivity index (χ0) is 31.1. The molecule has 230 valence electrons. The first-order chi connectivity index (χ1) is 20.4. The third-order valence-electron chi connectivity index (χ3n) is 8.48. The highest BCUT2D eigenvalue weighted by molar-refractivity contribution is 7.11. The van der Waals surface area contributed by atoms with Crippen molar-refractivity contribution in [2.75, 3.05) is 32.8 Å². The quantitative estimate of drug-likeness (QED) is 0.389. The molecule has 0 spiro atoms. The maximum absolute atomic E-state index is 16.3. The summed E-state index contributed by atoms with van der Waals surface area (Å²) in [6.45, 7) is 6.78. The first-order valence-corrected chi connectivity index (χ1v) is 15.1. The minimum atomic E-state index is -1.82. The number of aliphatic carboxylic acids is 1. The highest BCUT2D eigenvalue weighted by atomic mass is 32.1. The van der Waals surface area contributed by atoms with E-state index in [2.05, 4.69) is 10.3 Å². The van der Waals surface area contributed by atoms with Crippen LogP contribution >= 0.6 is 11.3 Å². The number of hydrogen-bond donors (Lipinski definition) is 2. The van der Waals surface area contributed by atoms with E-state index >= 15 is 4.39 Å². The summed E-state index contributed by atoms with van der Waals surface area (Å²) in [5.74, 6) is -2.13. The Morgan fingerprint density at radius 1 is 1.33 bits per heavy atom. The minimum Gasteiger partial charge on any atom is -0.481 e. The number of rotatable bonds is 10. The number of benzene rings is 1. The number of likely N-dealkylation sites (tertiary alicyclic amines) is 2. The Bertz CT molecular complexity index is 1490. The van der Waals surface area contributed by atoms with Gasteiger partial charge in [-0.05, 0) is 57.7 Å². The number of carboxylic acid groups (broad SMARTS) is 1. The van der Waals surface area contributed by atoms with E-state index in [-0.39, 0.29) is 51.2 Å². The Labute approximate surface area is 252 Å². The van der Waals surface area contributed by atoms with E-state index in [9.17, 15) is 23.9 Å². The number of amidine groups is 1. The first-order valence-electron chi connectivity index (χ1n) is 14.2. The fourth-order valence-electron chi connectivity index (χ4n) is 5.88. The molecule has 0 radical (unpaired) electrons. The number of nitrogens with one attached hydrogen (secondary N) is 1. The molecule has 2 fully saturated rings. The van der Waals surface area contributed by atoms with Crippen molar-refractivity contribution >= 4 is 35.0 Å². The van der Waals surface area contributed by atoms with Gasteiger partial charge in [0.25, 0.3) is 0 Å². The van der Waals surface area contributed by atoms with Crippen LogP contribution < -0.4 is 5.32 Å². The molecule has 1 aromatic heterocycles. The van der Waals surface area contributed by atoms with E-state index < -0.39 is 46.8 Å². The van der Waals surface area contributed by atoms with Crippen molar-refractivity contribution < 1.29 is 33.0 Å². The van der Waals surface area contributed by atoms with E-state index in [1.54, 1.807) is 56.3 Å². The molecule has 10 nitrogen and oxygen atoms in total. The summed E-state index contributed by atoms with van der Waals surface area (Å²) in [5, 5.41) is 15.0. The molecule has 4 heterocycles. The maximum atomic E-state index is 16.3. The van der Waals surface area contributed by atoms with Gasteiger partial charge in [0.15, 0.2) is 16.5 Å². The Balaban J connectivity index is 1.51. The lowest BCUT2D eigenvalue weighted by Crippen LogP contribution is -2.47. The van der Waals surface area contributed by atoms with Crippen LogP contribution in [0.3, 0.4) is 0 Å². The topological polar surface area (TPSA) is 124 Å². The minimum absolute atomic E-state index is 0.0000577. The van der Waals surface area contributed by atoms with Gasteiger partial charge in [-0.15, -0.1) is 11.3 Å². The van der Waals surface area contributed by atoms with E-state index in [0.29, 0.717) is 27.7 Å². The Hall–Kier alpha value is -3.71. The number of thiazole rings is 1. The number of carboxylic acids is 1. The fourth-order valence-corrected chi connectivity index (χ4v) is 6.47. The SMILES string of the molecule is CCOC(=O)C1=C(CN2CCC3(F)CN(CCC(C)(C)C(=O)O)C(=O)C23)NC(c2nccs2)=N[C@H]1c1cccc(F)c1C. The largest absolute Gasteiger partial charge is 0.481 e. The number of hydrogen-bond acceptors (Lipinski definition) is 9.